The maximum absolute atomic E-state index is 11.7. The van der Waals surface area contributed by atoms with E-state index >= 15 is 0 Å². The molecule has 3 heteroatoms. The van der Waals surface area contributed by atoms with Crippen LogP contribution in [0, 0.1) is 0 Å². The van der Waals surface area contributed by atoms with E-state index in [1.807, 2.05) is 37.3 Å². The molecule has 86 valence electrons. The highest BCUT2D eigenvalue weighted by Crippen LogP contribution is 2.10. The van der Waals surface area contributed by atoms with Crippen molar-refractivity contribution in [3.63, 3.8) is 0 Å². The van der Waals surface area contributed by atoms with Crippen molar-refractivity contribution in [1.29, 1.82) is 0 Å². The molecule has 0 radical (unpaired) electrons. The standard InChI is InChI=1S/C13H17NO2/c1-10-7-12(15)13(8-14-10)16-9-11-5-3-2-4-6-11/h2-6,10,13-14H,7-9H2,1H3. The summed E-state index contributed by atoms with van der Waals surface area (Å²) in [5.74, 6) is 0.210. The van der Waals surface area contributed by atoms with E-state index in [-0.39, 0.29) is 17.9 Å². The number of piperidine rings is 1. The third kappa shape index (κ3) is 2.90. The second kappa shape index (κ2) is 5.23. The third-order valence-electron chi connectivity index (χ3n) is 2.81. The van der Waals surface area contributed by atoms with Gasteiger partial charge in [0, 0.05) is 19.0 Å². The van der Waals surface area contributed by atoms with Crippen LogP contribution in [0.5, 0.6) is 0 Å². The fourth-order valence-corrected chi connectivity index (χ4v) is 1.85. The highest BCUT2D eigenvalue weighted by atomic mass is 16.5. The molecule has 1 aliphatic rings. The van der Waals surface area contributed by atoms with Gasteiger partial charge in [0.2, 0.25) is 0 Å². The summed E-state index contributed by atoms with van der Waals surface area (Å²) in [5, 5.41) is 3.25. The predicted molar refractivity (Wildman–Crippen MR) is 62.1 cm³/mol. The second-order valence-electron chi connectivity index (χ2n) is 4.26. The van der Waals surface area contributed by atoms with Crippen LogP contribution in [0.25, 0.3) is 0 Å². The van der Waals surface area contributed by atoms with Gasteiger partial charge in [0.05, 0.1) is 6.61 Å². The van der Waals surface area contributed by atoms with Crippen molar-refractivity contribution in [2.24, 2.45) is 0 Å². The van der Waals surface area contributed by atoms with E-state index in [4.69, 9.17) is 4.74 Å². The lowest BCUT2D eigenvalue weighted by atomic mass is 10.0. The van der Waals surface area contributed by atoms with Gasteiger partial charge < -0.3 is 10.1 Å². The Kier molecular flexibility index (Phi) is 3.70. The summed E-state index contributed by atoms with van der Waals surface area (Å²) < 4.78 is 5.62. The molecule has 1 fully saturated rings. The molecule has 1 aliphatic heterocycles. The molecule has 3 nitrogen and oxygen atoms in total. The van der Waals surface area contributed by atoms with Gasteiger partial charge in [0.1, 0.15) is 6.10 Å². The Balaban J connectivity index is 1.84. The average Bonchev–Trinajstić information content (AvgIpc) is 2.29. The van der Waals surface area contributed by atoms with Crippen molar-refractivity contribution >= 4 is 5.78 Å². The normalized spacial score (nSPS) is 25.7. The van der Waals surface area contributed by atoms with Gasteiger partial charge in [-0.05, 0) is 12.5 Å². The summed E-state index contributed by atoms with van der Waals surface area (Å²) in [5.41, 5.74) is 1.11. The molecule has 1 aromatic rings. The minimum atomic E-state index is -0.281. The Hall–Kier alpha value is -1.19. The number of Topliss-reactive ketones (excluding diaryl/α,β-unsaturated/α-hetero) is 1. The summed E-state index contributed by atoms with van der Waals surface area (Å²) in [4.78, 5) is 11.7. The number of hydrogen-bond donors (Lipinski definition) is 1. The number of hydrogen-bond acceptors (Lipinski definition) is 3. The van der Waals surface area contributed by atoms with Gasteiger partial charge in [-0.3, -0.25) is 4.79 Å². The van der Waals surface area contributed by atoms with Crippen molar-refractivity contribution in [3.8, 4) is 0 Å². The smallest absolute Gasteiger partial charge is 0.164 e. The molecule has 2 rings (SSSR count). The van der Waals surface area contributed by atoms with Crippen LogP contribution in [0.1, 0.15) is 18.9 Å². The topological polar surface area (TPSA) is 38.3 Å². The first kappa shape index (κ1) is 11.3. The van der Waals surface area contributed by atoms with Gasteiger partial charge in [-0.2, -0.15) is 0 Å². The molecule has 0 aromatic heterocycles. The Morgan fingerprint density at radius 1 is 1.38 bits per heavy atom. The van der Waals surface area contributed by atoms with Crippen LogP contribution in [0.2, 0.25) is 0 Å². The Morgan fingerprint density at radius 2 is 2.12 bits per heavy atom. The Morgan fingerprint density at radius 3 is 2.81 bits per heavy atom. The lowest BCUT2D eigenvalue weighted by molar-refractivity contribution is -0.133. The summed E-state index contributed by atoms with van der Waals surface area (Å²) >= 11 is 0. The monoisotopic (exact) mass is 219 g/mol. The number of ether oxygens (including phenoxy) is 1. The molecule has 0 aliphatic carbocycles. The number of carbonyl (C=O) groups is 1. The highest BCUT2D eigenvalue weighted by molar-refractivity contribution is 5.84. The average molecular weight is 219 g/mol. The van der Waals surface area contributed by atoms with Crippen LogP contribution < -0.4 is 5.32 Å². The molecule has 1 saturated heterocycles. The molecule has 0 saturated carbocycles. The summed E-state index contributed by atoms with van der Waals surface area (Å²) in [6.07, 6.45) is 0.288. The number of carbonyl (C=O) groups excluding carboxylic acids is 1. The first-order chi connectivity index (χ1) is 7.75. The van der Waals surface area contributed by atoms with Gasteiger partial charge in [0.15, 0.2) is 5.78 Å². The Bertz CT molecular complexity index is 350. The van der Waals surface area contributed by atoms with Crippen molar-refractivity contribution in [3.05, 3.63) is 35.9 Å². The van der Waals surface area contributed by atoms with Gasteiger partial charge in [0.25, 0.3) is 0 Å². The molecule has 2 atom stereocenters. The van der Waals surface area contributed by atoms with Crippen LogP contribution >= 0.6 is 0 Å². The molecule has 0 spiro atoms. The minimum absolute atomic E-state index is 0.210. The fraction of sp³-hybridized carbons (Fsp3) is 0.462. The fourth-order valence-electron chi connectivity index (χ4n) is 1.85. The van der Waals surface area contributed by atoms with Crippen molar-refractivity contribution in [2.45, 2.75) is 32.1 Å². The zero-order valence-electron chi connectivity index (χ0n) is 9.48. The molecule has 2 unspecified atom stereocenters. The SMILES string of the molecule is CC1CC(=O)C(OCc2ccccc2)CN1. The maximum Gasteiger partial charge on any atom is 0.164 e. The zero-order valence-corrected chi connectivity index (χ0v) is 9.48. The molecule has 0 amide bonds. The van der Waals surface area contributed by atoms with E-state index in [0.29, 0.717) is 19.6 Å². The summed E-state index contributed by atoms with van der Waals surface area (Å²) in [6.45, 7) is 3.16. The van der Waals surface area contributed by atoms with Gasteiger partial charge in [-0.1, -0.05) is 30.3 Å². The lowest BCUT2D eigenvalue weighted by Gasteiger charge is -2.26. The van der Waals surface area contributed by atoms with Crippen LogP contribution in [0.4, 0.5) is 0 Å². The molecule has 1 N–H and O–H groups in total. The second-order valence-corrected chi connectivity index (χ2v) is 4.26. The van der Waals surface area contributed by atoms with Crippen LogP contribution in [-0.4, -0.2) is 24.5 Å². The zero-order chi connectivity index (χ0) is 11.4. The quantitative estimate of drug-likeness (QED) is 0.837. The number of rotatable bonds is 3. The van der Waals surface area contributed by atoms with E-state index in [1.54, 1.807) is 0 Å². The first-order valence-corrected chi connectivity index (χ1v) is 5.67. The molecule has 1 aromatic carbocycles. The predicted octanol–water partition coefficient (Wildman–Crippen LogP) is 1.52. The summed E-state index contributed by atoms with van der Waals surface area (Å²) in [6, 6.07) is 10.2. The summed E-state index contributed by atoms with van der Waals surface area (Å²) in [7, 11) is 0. The molecule has 1 heterocycles. The molecular weight excluding hydrogens is 202 g/mol. The molecular formula is C13H17NO2. The largest absolute Gasteiger partial charge is 0.364 e. The lowest BCUT2D eigenvalue weighted by Crippen LogP contribution is -2.47. The maximum atomic E-state index is 11.7. The number of nitrogens with one attached hydrogen (secondary N) is 1. The van der Waals surface area contributed by atoms with Gasteiger partial charge in [-0.25, -0.2) is 0 Å². The van der Waals surface area contributed by atoms with E-state index < -0.39 is 0 Å². The number of ketones is 1. The Labute approximate surface area is 95.8 Å². The van der Waals surface area contributed by atoms with Gasteiger partial charge in [-0.15, -0.1) is 0 Å². The van der Waals surface area contributed by atoms with Crippen LogP contribution in [-0.2, 0) is 16.1 Å². The molecule has 16 heavy (non-hydrogen) atoms. The van der Waals surface area contributed by atoms with Gasteiger partial charge >= 0.3 is 0 Å². The van der Waals surface area contributed by atoms with Crippen molar-refractivity contribution in [1.82, 2.24) is 5.32 Å². The van der Waals surface area contributed by atoms with E-state index in [2.05, 4.69) is 5.32 Å². The highest BCUT2D eigenvalue weighted by Gasteiger charge is 2.26. The van der Waals surface area contributed by atoms with Crippen molar-refractivity contribution < 1.29 is 9.53 Å². The van der Waals surface area contributed by atoms with E-state index in [1.165, 1.54) is 0 Å². The van der Waals surface area contributed by atoms with E-state index in [9.17, 15) is 4.79 Å². The van der Waals surface area contributed by atoms with Crippen molar-refractivity contribution in [2.75, 3.05) is 6.54 Å². The van der Waals surface area contributed by atoms with Crippen LogP contribution in [0.15, 0.2) is 30.3 Å². The minimum Gasteiger partial charge on any atom is -0.364 e. The molecule has 0 bridgehead atoms. The van der Waals surface area contributed by atoms with Crippen LogP contribution in [0.3, 0.4) is 0 Å². The third-order valence-corrected chi connectivity index (χ3v) is 2.81. The first-order valence-electron chi connectivity index (χ1n) is 5.67. The number of benzene rings is 1. The van der Waals surface area contributed by atoms with E-state index in [0.717, 1.165) is 5.56 Å².